The Balaban J connectivity index is 1.87. The second-order valence-electron chi connectivity index (χ2n) is 5.09. The van der Waals surface area contributed by atoms with Gasteiger partial charge in [0.25, 0.3) is 5.91 Å². The Morgan fingerprint density at radius 2 is 1.79 bits per heavy atom. The first-order valence-corrected chi connectivity index (χ1v) is 7.37. The maximum atomic E-state index is 13.5. The molecule has 5 nitrogen and oxygen atoms in total. The molecular formula is C18H18FNO4. The van der Waals surface area contributed by atoms with Crippen LogP contribution in [0.3, 0.4) is 0 Å². The minimum atomic E-state index is -1.03. The van der Waals surface area contributed by atoms with Crippen LogP contribution in [0.4, 0.5) is 4.39 Å². The van der Waals surface area contributed by atoms with E-state index in [-0.39, 0.29) is 12.1 Å². The molecule has 24 heavy (non-hydrogen) atoms. The van der Waals surface area contributed by atoms with Gasteiger partial charge in [0.15, 0.2) is 6.10 Å². The van der Waals surface area contributed by atoms with Gasteiger partial charge in [-0.15, -0.1) is 0 Å². The molecule has 0 radical (unpaired) electrons. The average Bonchev–Trinajstić information content (AvgIpc) is 2.60. The van der Waals surface area contributed by atoms with Crippen molar-refractivity contribution in [3.8, 4) is 5.75 Å². The van der Waals surface area contributed by atoms with Crippen LogP contribution >= 0.6 is 0 Å². The van der Waals surface area contributed by atoms with Gasteiger partial charge in [0.1, 0.15) is 11.6 Å². The lowest BCUT2D eigenvalue weighted by Gasteiger charge is -2.14. The molecule has 1 amide bonds. The summed E-state index contributed by atoms with van der Waals surface area (Å²) in [5.41, 5.74) is 0.670. The Bertz CT molecular complexity index is 715. The van der Waals surface area contributed by atoms with E-state index < -0.39 is 23.8 Å². The van der Waals surface area contributed by atoms with Crippen LogP contribution in [0.25, 0.3) is 0 Å². The molecule has 0 unspecified atom stereocenters. The summed E-state index contributed by atoms with van der Waals surface area (Å²) in [6.45, 7) is 1.71. The molecule has 126 valence electrons. The minimum Gasteiger partial charge on any atom is -0.497 e. The van der Waals surface area contributed by atoms with Gasteiger partial charge < -0.3 is 14.8 Å². The third kappa shape index (κ3) is 4.55. The van der Waals surface area contributed by atoms with Gasteiger partial charge in [-0.05, 0) is 36.8 Å². The average molecular weight is 331 g/mol. The topological polar surface area (TPSA) is 64.6 Å². The standard InChI is InChI=1S/C18H18FNO4/c1-12(24-18(22)15-5-3-4-6-16(15)19)17(21)20-11-13-7-9-14(23-2)10-8-13/h3-10,12H,11H2,1-2H3,(H,20,21)/t12-/m0/s1. The van der Waals surface area contributed by atoms with Crippen molar-refractivity contribution in [3.63, 3.8) is 0 Å². The highest BCUT2D eigenvalue weighted by atomic mass is 19.1. The van der Waals surface area contributed by atoms with Gasteiger partial charge in [-0.25, -0.2) is 9.18 Å². The predicted molar refractivity (Wildman–Crippen MR) is 86.1 cm³/mol. The molecule has 0 fully saturated rings. The number of esters is 1. The molecule has 0 bridgehead atoms. The van der Waals surface area contributed by atoms with Gasteiger partial charge in [0.2, 0.25) is 0 Å². The Morgan fingerprint density at radius 3 is 2.42 bits per heavy atom. The quantitative estimate of drug-likeness (QED) is 0.827. The third-order valence-corrected chi connectivity index (χ3v) is 3.37. The van der Waals surface area contributed by atoms with E-state index in [0.29, 0.717) is 0 Å². The van der Waals surface area contributed by atoms with Crippen molar-refractivity contribution in [1.29, 1.82) is 0 Å². The van der Waals surface area contributed by atoms with Crippen LogP contribution in [0, 0.1) is 5.82 Å². The van der Waals surface area contributed by atoms with E-state index >= 15 is 0 Å². The lowest BCUT2D eigenvalue weighted by Crippen LogP contribution is -2.35. The zero-order valence-corrected chi connectivity index (χ0v) is 13.4. The summed E-state index contributed by atoms with van der Waals surface area (Å²) in [5, 5.41) is 2.66. The van der Waals surface area contributed by atoms with E-state index in [4.69, 9.17) is 9.47 Å². The van der Waals surface area contributed by atoms with Gasteiger partial charge >= 0.3 is 5.97 Å². The molecule has 6 heteroatoms. The number of ether oxygens (including phenoxy) is 2. The van der Waals surface area contributed by atoms with Crippen LogP contribution in [0.2, 0.25) is 0 Å². The second kappa shape index (κ2) is 8.10. The highest BCUT2D eigenvalue weighted by molar-refractivity contribution is 5.92. The number of hydrogen-bond donors (Lipinski definition) is 1. The van der Waals surface area contributed by atoms with Crippen molar-refractivity contribution in [2.45, 2.75) is 19.6 Å². The first-order chi connectivity index (χ1) is 11.5. The van der Waals surface area contributed by atoms with E-state index in [1.54, 1.807) is 19.2 Å². The molecule has 0 aliphatic rings. The second-order valence-corrected chi connectivity index (χ2v) is 5.09. The fraction of sp³-hybridized carbons (Fsp3) is 0.222. The van der Waals surface area contributed by atoms with Crippen molar-refractivity contribution in [2.24, 2.45) is 0 Å². The largest absolute Gasteiger partial charge is 0.497 e. The molecule has 0 aliphatic carbocycles. The molecule has 0 spiro atoms. The van der Waals surface area contributed by atoms with Crippen molar-refractivity contribution >= 4 is 11.9 Å². The zero-order chi connectivity index (χ0) is 17.5. The minimum absolute atomic E-state index is 0.202. The molecular weight excluding hydrogens is 313 g/mol. The first-order valence-electron chi connectivity index (χ1n) is 7.37. The van der Waals surface area contributed by atoms with Crippen LogP contribution in [0.1, 0.15) is 22.8 Å². The van der Waals surface area contributed by atoms with E-state index in [1.807, 2.05) is 12.1 Å². The fourth-order valence-corrected chi connectivity index (χ4v) is 1.98. The highest BCUT2D eigenvalue weighted by Crippen LogP contribution is 2.12. The summed E-state index contributed by atoms with van der Waals surface area (Å²) >= 11 is 0. The van der Waals surface area contributed by atoms with Crippen molar-refractivity contribution in [2.75, 3.05) is 7.11 Å². The summed E-state index contributed by atoms with van der Waals surface area (Å²) in [6, 6.07) is 12.6. The van der Waals surface area contributed by atoms with Crippen molar-refractivity contribution in [3.05, 3.63) is 65.5 Å². The van der Waals surface area contributed by atoms with E-state index in [1.165, 1.54) is 25.1 Å². The number of carbonyl (C=O) groups excluding carboxylic acids is 2. The summed E-state index contributed by atoms with van der Waals surface area (Å²) in [5.74, 6) is -1.30. The summed E-state index contributed by atoms with van der Waals surface area (Å²) < 4.78 is 23.6. The van der Waals surface area contributed by atoms with Crippen LogP contribution in [0.15, 0.2) is 48.5 Å². The zero-order valence-electron chi connectivity index (χ0n) is 13.4. The number of carbonyl (C=O) groups is 2. The maximum absolute atomic E-state index is 13.5. The van der Waals surface area contributed by atoms with Crippen LogP contribution in [-0.2, 0) is 16.1 Å². The van der Waals surface area contributed by atoms with Gasteiger partial charge in [0.05, 0.1) is 12.7 Å². The molecule has 2 aromatic carbocycles. The van der Waals surface area contributed by atoms with Gasteiger partial charge in [-0.3, -0.25) is 4.79 Å². The molecule has 1 N–H and O–H groups in total. The van der Waals surface area contributed by atoms with Crippen LogP contribution in [-0.4, -0.2) is 25.1 Å². The number of rotatable bonds is 6. The van der Waals surface area contributed by atoms with Crippen LogP contribution in [0.5, 0.6) is 5.75 Å². The lowest BCUT2D eigenvalue weighted by molar-refractivity contribution is -0.129. The predicted octanol–water partition coefficient (Wildman–Crippen LogP) is 2.70. The Hall–Kier alpha value is -2.89. The molecule has 2 aromatic rings. The number of methoxy groups -OCH3 is 1. The molecule has 0 saturated heterocycles. The van der Waals surface area contributed by atoms with Gasteiger partial charge in [0, 0.05) is 6.54 Å². The van der Waals surface area contributed by atoms with Crippen LogP contribution < -0.4 is 10.1 Å². The van der Waals surface area contributed by atoms with Gasteiger partial charge in [-0.1, -0.05) is 24.3 Å². The Kier molecular flexibility index (Phi) is 5.89. The van der Waals surface area contributed by atoms with Gasteiger partial charge in [-0.2, -0.15) is 0 Å². The van der Waals surface area contributed by atoms with E-state index in [0.717, 1.165) is 17.4 Å². The SMILES string of the molecule is COc1ccc(CNC(=O)[C@H](C)OC(=O)c2ccccc2F)cc1. The molecule has 0 aliphatic heterocycles. The van der Waals surface area contributed by atoms with Crippen molar-refractivity contribution < 1.29 is 23.5 Å². The summed E-state index contributed by atoms with van der Waals surface area (Å²) in [6.07, 6.45) is -1.03. The first kappa shape index (κ1) is 17.5. The van der Waals surface area contributed by atoms with Crippen molar-refractivity contribution in [1.82, 2.24) is 5.32 Å². The molecule has 0 heterocycles. The molecule has 1 atom stereocenters. The number of nitrogens with one attached hydrogen (secondary N) is 1. The number of halogens is 1. The summed E-state index contributed by atoms with van der Waals surface area (Å²) in [4.78, 5) is 23.9. The monoisotopic (exact) mass is 331 g/mol. The molecule has 0 aromatic heterocycles. The number of hydrogen-bond acceptors (Lipinski definition) is 4. The maximum Gasteiger partial charge on any atom is 0.341 e. The summed E-state index contributed by atoms with van der Waals surface area (Å²) in [7, 11) is 1.57. The van der Waals surface area contributed by atoms with E-state index in [9.17, 15) is 14.0 Å². The number of benzene rings is 2. The molecule has 2 rings (SSSR count). The Labute approximate surface area is 139 Å². The number of amides is 1. The van der Waals surface area contributed by atoms with E-state index in [2.05, 4.69) is 5.32 Å². The third-order valence-electron chi connectivity index (χ3n) is 3.37. The Morgan fingerprint density at radius 1 is 1.12 bits per heavy atom. The fourth-order valence-electron chi connectivity index (χ4n) is 1.98. The smallest absolute Gasteiger partial charge is 0.341 e. The molecule has 0 saturated carbocycles. The lowest BCUT2D eigenvalue weighted by atomic mass is 10.2. The normalized spacial score (nSPS) is 11.5. The highest BCUT2D eigenvalue weighted by Gasteiger charge is 2.20.